The van der Waals surface area contributed by atoms with E-state index in [1.165, 1.54) is 14.1 Å². The molecule has 0 aliphatic rings. The number of nitrogens with one attached hydrogen (secondary N) is 1. The van der Waals surface area contributed by atoms with E-state index in [0.29, 0.717) is 13.2 Å². The lowest BCUT2D eigenvalue weighted by Gasteiger charge is -2.19. The van der Waals surface area contributed by atoms with E-state index in [1.54, 1.807) is 0 Å². The van der Waals surface area contributed by atoms with Crippen LogP contribution in [-0.4, -0.2) is 52.9 Å². The normalized spacial score (nSPS) is 12.7. The Kier molecular flexibility index (Phi) is 7.03. The van der Waals surface area contributed by atoms with Gasteiger partial charge in [-0.25, -0.2) is 0 Å². The number of hydrogen-bond acceptors (Lipinski definition) is 4. The molecule has 1 N–H and O–H groups in total. The lowest BCUT2D eigenvalue weighted by Crippen LogP contribution is -2.41. The van der Waals surface area contributed by atoms with Crippen LogP contribution in [0.2, 0.25) is 0 Å². The molecule has 0 radical (unpaired) electrons. The highest BCUT2D eigenvalue weighted by Crippen LogP contribution is 1.96. The molecule has 0 saturated heterocycles. The predicted octanol–water partition coefficient (Wildman–Crippen LogP) is -0.218. The van der Waals surface area contributed by atoms with Gasteiger partial charge < -0.3 is 9.47 Å². The van der Waals surface area contributed by atoms with E-state index in [9.17, 15) is 8.42 Å². The highest BCUT2D eigenvalue weighted by Gasteiger charge is 2.16. The molecule has 0 aliphatic carbocycles. The van der Waals surface area contributed by atoms with Crippen LogP contribution in [0, 0.1) is 0 Å². The first-order valence-electron chi connectivity index (χ1n) is 4.84. The smallest absolute Gasteiger partial charge is 0.279 e. The Balaban J connectivity index is 4.09. The van der Waals surface area contributed by atoms with Crippen molar-refractivity contribution >= 4 is 10.2 Å². The summed E-state index contributed by atoms with van der Waals surface area (Å²) in [5.74, 6) is 0. The van der Waals surface area contributed by atoms with E-state index >= 15 is 0 Å². The zero-order valence-electron chi connectivity index (χ0n) is 9.69. The maximum atomic E-state index is 11.3. The molecule has 0 rings (SSSR count). The molecule has 0 aromatic carbocycles. The van der Waals surface area contributed by atoms with Crippen molar-refractivity contribution in [2.24, 2.45) is 0 Å². The molecule has 15 heavy (non-hydrogen) atoms. The second kappa shape index (κ2) is 7.13. The summed E-state index contributed by atoms with van der Waals surface area (Å²) in [5, 5.41) is 0. The van der Waals surface area contributed by atoms with Gasteiger partial charge in [0.05, 0.1) is 6.54 Å². The minimum atomic E-state index is -3.41. The van der Waals surface area contributed by atoms with Crippen LogP contribution in [0.5, 0.6) is 0 Å². The number of rotatable bonds is 8. The minimum Gasteiger partial charge on any atom is -0.352 e. The second-order valence-corrected chi connectivity index (χ2v) is 4.95. The summed E-state index contributed by atoms with van der Waals surface area (Å²) in [6.07, 6.45) is -0.533. The van der Waals surface area contributed by atoms with Gasteiger partial charge in [-0.2, -0.15) is 17.4 Å². The Morgan fingerprint density at radius 3 is 2.00 bits per heavy atom. The molecule has 0 aromatic heterocycles. The average molecular weight is 240 g/mol. The zero-order chi connectivity index (χ0) is 11.9. The molecular weight excluding hydrogens is 220 g/mol. The van der Waals surface area contributed by atoms with Crippen molar-refractivity contribution in [3.63, 3.8) is 0 Å². The average Bonchev–Trinajstić information content (AvgIpc) is 2.15. The fourth-order valence-corrected chi connectivity index (χ4v) is 1.45. The SMILES string of the molecule is CCOC(CNS(=O)(=O)N(C)C)OCC. The largest absolute Gasteiger partial charge is 0.352 e. The molecule has 0 spiro atoms. The van der Waals surface area contributed by atoms with E-state index < -0.39 is 16.5 Å². The van der Waals surface area contributed by atoms with Gasteiger partial charge in [0.1, 0.15) is 0 Å². The fraction of sp³-hybridized carbons (Fsp3) is 1.00. The molecule has 0 amide bonds. The summed E-state index contributed by atoms with van der Waals surface area (Å²) in [7, 11) is -0.492. The van der Waals surface area contributed by atoms with Crippen LogP contribution in [0.3, 0.4) is 0 Å². The van der Waals surface area contributed by atoms with Crippen LogP contribution in [0.15, 0.2) is 0 Å². The van der Waals surface area contributed by atoms with Gasteiger partial charge in [0.2, 0.25) is 0 Å². The molecule has 92 valence electrons. The van der Waals surface area contributed by atoms with Crippen LogP contribution >= 0.6 is 0 Å². The first kappa shape index (κ1) is 14.8. The molecule has 6 nitrogen and oxygen atoms in total. The van der Waals surface area contributed by atoms with E-state index in [0.717, 1.165) is 4.31 Å². The summed E-state index contributed by atoms with van der Waals surface area (Å²) in [4.78, 5) is 0. The summed E-state index contributed by atoms with van der Waals surface area (Å²) in [6, 6.07) is 0. The van der Waals surface area contributed by atoms with Gasteiger partial charge in [0.15, 0.2) is 6.29 Å². The first-order valence-corrected chi connectivity index (χ1v) is 6.28. The van der Waals surface area contributed by atoms with Crippen molar-refractivity contribution in [3.8, 4) is 0 Å². The molecule has 0 bridgehead atoms. The number of ether oxygens (including phenoxy) is 2. The van der Waals surface area contributed by atoms with Gasteiger partial charge in [-0.05, 0) is 13.8 Å². The third-order valence-electron chi connectivity index (χ3n) is 1.62. The van der Waals surface area contributed by atoms with Crippen molar-refractivity contribution in [2.75, 3.05) is 33.9 Å². The maximum absolute atomic E-state index is 11.3. The van der Waals surface area contributed by atoms with Crippen LogP contribution in [0.25, 0.3) is 0 Å². The lowest BCUT2D eigenvalue weighted by molar-refractivity contribution is -0.130. The number of nitrogens with zero attached hydrogens (tertiary/aromatic N) is 1. The van der Waals surface area contributed by atoms with E-state index in [4.69, 9.17) is 9.47 Å². The predicted molar refractivity (Wildman–Crippen MR) is 57.6 cm³/mol. The molecule has 0 unspecified atom stereocenters. The van der Waals surface area contributed by atoms with Gasteiger partial charge in [-0.1, -0.05) is 0 Å². The van der Waals surface area contributed by atoms with Crippen LogP contribution in [0.1, 0.15) is 13.8 Å². The van der Waals surface area contributed by atoms with Gasteiger partial charge in [0.25, 0.3) is 10.2 Å². The summed E-state index contributed by atoms with van der Waals surface area (Å²) in [5.41, 5.74) is 0. The van der Waals surface area contributed by atoms with Crippen molar-refractivity contribution < 1.29 is 17.9 Å². The van der Waals surface area contributed by atoms with Crippen molar-refractivity contribution in [3.05, 3.63) is 0 Å². The highest BCUT2D eigenvalue weighted by molar-refractivity contribution is 7.87. The van der Waals surface area contributed by atoms with Gasteiger partial charge in [-0.3, -0.25) is 0 Å². The van der Waals surface area contributed by atoms with Crippen molar-refractivity contribution in [1.29, 1.82) is 0 Å². The zero-order valence-corrected chi connectivity index (χ0v) is 10.5. The Morgan fingerprint density at radius 1 is 1.20 bits per heavy atom. The molecular formula is C8H20N2O4S. The van der Waals surface area contributed by atoms with Crippen molar-refractivity contribution in [2.45, 2.75) is 20.1 Å². The molecule has 0 heterocycles. The van der Waals surface area contributed by atoms with E-state index in [-0.39, 0.29) is 6.54 Å². The molecule has 0 fully saturated rings. The van der Waals surface area contributed by atoms with Gasteiger partial charge in [-0.15, -0.1) is 0 Å². The molecule has 0 atom stereocenters. The number of hydrogen-bond donors (Lipinski definition) is 1. The Labute approximate surface area is 91.7 Å². The van der Waals surface area contributed by atoms with Crippen molar-refractivity contribution in [1.82, 2.24) is 9.03 Å². The Hall–Kier alpha value is -0.210. The Bertz CT molecular complexity index is 247. The summed E-state index contributed by atoms with van der Waals surface area (Å²) >= 11 is 0. The monoisotopic (exact) mass is 240 g/mol. The fourth-order valence-electron chi connectivity index (χ4n) is 0.840. The van der Waals surface area contributed by atoms with Gasteiger partial charge >= 0.3 is 0 Å². The van der Waals surface area contributed by atoms with Crippen LogP contribution in [-0.2, 0) is 19.7 Å². The minimum absolute atomic E-state index is 0.113. The lowest BCUT2D eigenvalue weighted by atomic mass is 10.6. The summed E-state index contributed by atoms with van der Waals surface area (Å²) in [6.45, 7) is 4.73. The van der Waals surface area contributed by atoms with E-state index in [2.05, 4.69) is 4.72 Å². The highest BCUT2D eigenvalue weighted by atomic mass is 32.2. The third-order valence-corrected chi connectivity index (χ3v) is 3.11. The van der Waals surface area contributed by atoms with E-state index in [1.807, 2.05) is 13.8 Å². The molecule has 7 heteroatoms. The Morgan fingerprint density at radius 2 is 1.67 bits per heavy atom. The maximum Gasteiger partial charge on any atom is 0.279 e. The standard InChI is InChI=1S/C8H20N2O4S/c1-5-13-8(14-6-2)7-9-15(11,12)10(3)4/h8-9H,5-7H2,1-4H3. The summed E-state index contributed by atoms with van der Waals surface area (Å²) < 4.78 is 36.5. The topological polar surface area (TPSA) is 67.9 Å². The second-order valence-electron chi connectivity index (χ2n) is 2.98. The van der Waals surface area contributed by atoms with Crippen LogP contribution in [0.4, 0.5) is 0 Å². The van der Waals surface area contributed by atoms with Crippen LogP contribution < -0.4 is 4.72 Å². The quantitative estimate of drug-likeness (QED) is 0.596. The molecule has 0 saturated carbocycles. The molecule has 0 aliphatic heterocycles. The van der Waals surface area contributed by atoms with Gasteiger partial charge in [0, 0.05) is 27.3 Å². The molecule has 0 aromatic rings. The third kappa shape index (κ3) is 6.06. The first-order chi connectivity index (χ1) is 6.94.